The van der Waals surface area contributed by atoms with E-state index >= 15 is 0 Å². The van der Waals surface area contributed by atoms with E-state index in [0.717, 1.165) is 13.1 Å². The van der Waals surface area contributed by atoms with Crippen molar-refractivity contribution in [2.24, 2.45) is 5.92 Å². The molecule has 2 aliphatic rings. The van der Waals surface area contributed by atoms with E-state index in [1.807, 2.05) is 0 Å². The Kier molecular flexibility index (Phi) is 3.59. The van der Waals surface area contributed by atoms with Gasteiger partial charge in [0, 0.05) is 6.04 Å². The first-order chi connectivity index (χ1) is 7.29. The maximum absolute atomic E-state index is 11.0. The SMILES string of the molecule is O=C(O)C1COCC1N1CCCCCC1. The molecule has 4 heteroatoms. The number of rotatable bonds is 2. The van der Waals surface area contributed by atoms with Gasteiger partial charge in [-0.2, -0.15) is 0 Å². The number of nitrogens with zero attached hydrogens (tertiary/aromatic N) is 1. The highest BCUT2D eigenvalue weighted by molar-refractivity contribution is 5.71. The van der Waals surface area contributed by atoms with Crippen molar-refractivity contribution in [3.05, 3.63) is 0 Å². The van der Waals surface area contributed by atoms with Crippen molar-refractivity contribution >= 4 is 5.97 Å². The van der Waals surface area contributed by atoms with E-state index in [4.69, 9.17) is 9.84 Å². The zero-order valence-corrected chi connectivity index (χ0v) is 9.02. The topological polar surface area (TPSA) is 49.8 Å². The molecule has 2 heterocycles. The standard InChI is InChI=1S/C11H19NO3/c13-11(14)9-7-15-8-10(9)12-5-3-1-2-4-6-12/h9-10H,1-8H2,(H,13,14). The van der Waals surface area contributed by atoms with Crippen molar-refractivity contribution in [2.45, 2.75) is 31.7 Å². The van der Waals surface area contributed by atoms with E-state index in [-0.39, 0.29) is 12.0 Å². The molecule has 86 valence electrons. The number of hydrogen-bond acceptors (Lipinski definition) is 3. The van der Waals surface area contributed by atoms with Crippen LogP contribution in [0.5, 0.6) is 0 Å². The van der Waals surface area contributed by atoms with E-state index in [2.05, 4.69) is 4.90 Å². The molecule has 0 bridgehead atoms. The van der Waals surface area contributed by atoms with Gasteiger partial charge < -0.3 is 9.84 Å². The summed E-state index contributed by atoms with van der Waals surface area (Å²) < 4.78 is 5.30. The van der Waals surface area contributed by atoms with Gasteiger partial charge >= 0.3 is 5.97 Å². The Hall–Kier alpha value is -0.610. The van der Waals surface area contributed by atoms with E-state index < -0.39 is 5.97 Å². The number of carboxylic acid groups (broad SMARTS) is 1. The lowest BCUT2D eigenvalue weighted by Gasteiger charge is -2.28. The highest BCUT2D eigenvalue weighted by atomic mass is 16.5. The van der Waals surface area contributed by atoms with Gasteiger partial charge in [0.1, 0.15) is 0 Å². The van der Waals surface area contributed by atoms with Gasteiger partial charge in [-0.05, 0) is 25.9 Å². The molecular formula is C11H19NO3. The van der Waals surface area contributed by atoms with Crippen LogP contribution in [0.1, 0.15) is 25.7 Å². The molecule has 0 aromatic heterocycles. The third-order valence-electron chi connectivity index (χ3n) is 3.48. The fourth-order valence-electron chi connectivity index (χ4n) is 2.57. The maximum Gasteiger partial charge on any atom is 0.310 e. The number of carboxylic acids is 1. The summed E-state index contributed by atoms with van der Waals surface area (Å²) in [5.41, 5.74) is 0. The third-order valence-corrected chi connectivity index (χ3v) is 3.48. The fraction of sp³-hybridized carbons (Fsp3) is 0.909. The van der Waals surface area contributed by atoms with Crippen LogP contribution < -0.4 is 0 Å². The minimum Gasteiger partial charge on any atom is -0.481 e. The molecule has 4 nitrogen and oxygen atoms in total. The van der Waals surface area contributed by atoms with Crippen molar-refractivity contribution in [1.82, 2.24) is 4.90 Å². The highest BCUT2D eigenvalue weighted by Crippen LogP contribution is 2.23. The van der Waals surface area contributed by atoms with Crippen molar-refractivity contribution in [1.29, 1.82) is 0 Å². The van der Waals surface area contributed by atoms with Gasteiger partial charge in [0.15, 0.2) is 0 Å². The van der Waals surface area contributed by atoms with Crippen LogP contribution in [0.2, 0.25) is 0 Å². The van der Waals surface area contributed by atoms with Crippen LogP contribution in [0.3, 0.4) is 0 Å². The lowest BCUT2D eigenvalue weighted by atomic mass is 10.0. The number of aliphatic carboxylic acids is 1. The molecule has 0 aromatic rings. The molecule has 0 spiro atoms. The number of likely N-dealkylation sites (tertiary alicyclic amines) is 1. The summed E-state index contributed by atoms with van der Waals surface area (Å²) in [6.07, 6.45) is 4.95. The molecular weight excluding hydrogens is 194 g/mol. The summed E-state index contributed by atoms with van der Waals surface area (Å²) in [6, 6.07) is 0.112. The van der Waals surface area contributed by atoms with Gasteiger partial charge in [0.2, 0.25) is 0 Å². The molecule has 0 aliphatic carbocycles. The zero-order chi connectivity index (χ0) is 10.7. The smallest absolute Gasteiger partial charge is 0.310 e. The Balaban J connectivity index is 1.97. The predicted molar refractivity (Wildman–Crippen MR) is 55.8 cm³/mol. The molecule has 0 aromatic carbocycles. The average Bonchev–Trinajstić information content (AvgIpc) is 2.55. The molecule has 2 aliphatic heterocycles. The molecule has 2 atom stereocenters. The second kappa shape index (κ2) is 4.94. The Morgan fingerprint density at radius 1 is 1.13 bits per heavy atom. The molecule has 2 unspecified atom stereocenters. The van der Waals surface area contributed by atoms with Crippen molar-refractivity contribution in [2.75, 3.05) is 26.3 Å². The van der Waals surface area contributed by atoms with E-state index in [0.29, 0.717) is 13.2 Å². The molecule has 0 saturated carbocycles. The van der Waals surface area contributed by atoms with Gasteiger partial charge in [-0.3, -0.25) is 9.69 Å². The molecule has 2 saturated heterocycles. The van der Waals surface area contributed by atoms with Crippen molar-refractivity contribution in [3.8, 4) is 0 Å². The van der Waals surface area contributed by atoms with E-state index in [1.165, 1.54) is 25.7 Å². The summed E-state index contributed by atoms with van der Waals surface area (Å²) in [5, 5.41) is 9.08. The monoisotopic (exact) mass is 213 g/mol. The van der Waals surface area contributed by atoms with E-state index in [1.54, 1.807) is 0 Å². The van der Waals surface area contributed by atoms with Gasteiger partial charge in [0.05, 0.1) is 19.1 Å². The number of ether oxygens (including phenoxy) is 1. The molecule has 2 rings (SSSR count). The van der Waals surface area contributed by atoms with Gasteiger partial charge in [-0.15, -0.1) is 0 Å². The minimum absolute atomic E-state index is 0.112. The molecule has 15 heavy (non-hydrogen) atoms. The van der Waals surface area contributed by atoms with Crippen LogP contribution >= 0.6 is 0 Å². The molecule has 2 fully saturated rings. The van der Waals surface area contributed by atoms with Gasteiger partial charge in [-0.1, -0.05) is 12.8 Å². The maximum atomic E-state index is 11.0. The van der Waals surface area contributed by atoms with Gasteiger partial charge in [0.25, 0.3) is 0 Å². The first-order valence-electron chi connectivity index (χ1n) is 5.83. The first kappa shape index (κ1) is 10.9. The quantitative estimate of drug-likeness (QED) is 0.742. The second-order valence-corrected chi connectivity index (χ2v) is 4.50. The van der Waals surface area contributed by atoms with Gasteiger partial charge in [-0.25, -0.2) is 0 Å². The summed E-state index contributed by atoms with van der Waals surface area (Å²) in [5.74, 6) is -1.02. The second-order valence-electron chi connectivity index (χ2n) is 4.50. The van der Waals surface area contributed by atoms with Crippen LogP contribution in [0.25, 0.3) is 0 Å². The Labute approximate surface area is 90.2 Å². The summed E-state index contributed by atoms with van der Waals surface area (Å²) in [6.45, 7) is 3.06. The summed E-state index contributed by atoms with van der Waals surface area (Å²) in [7, 11) is 0. The largest absolute Gasteiger partial charge is 0.481 e. The average molecular weight is 213 g/mol. The first-order valence-corrected chi connectivity index (χ1v) is 5.83. The van der Waals surface area contributed by atoms with Crippen LogP contribution in [0.15, 0.2) is 0 Å². The number of carbonyl (C=O) groups is 1. The normalized spacial score (nSPS) is 33.9. The molecule has 0 amide bonds. The Morgan fingerprint density at radius 2 is 1.80 bits per heavy atom. The third kappa shape index (κ3) is 2.49. The lowest BCUT2D eigenvalue weighted by molar-refractivity contribution is -0.143. The highest BCUT2D eigenvalue weighted by Gasteiger charge is 2.37. The summed E-state index contributed by atoms with van der Waals surface area (Å²) >= 11 is 0. The Morgan fingerprint density at radius 3 is 2.40 bits per heavy atom. The predicted octanol–water partition coefficient (Wildman–Crippen LogP) is 0.962. The van der Waals surface area contributed by atoms with Crippen LogP contribution in [-0.4, -0.2) is 48.3 Å². The zero-order valence-electron chi connectivity index (χ0n) is 9.02. The minimum atomic E-state index is -0.707. The fourth-order valence-corrected chi connectivity index (χ4v) is 2.57. The lowest BCUT2D eigenvalue weighted by Crippen LogP contribution is -2.43. The molecule has 0 radical (unpaired) electrons. The van der Waals surface area contributed by atoms with E-state index in [9.17, 15) is 4.79 Å². The summed E-state index contributed by atoms with van der Waals surface area (Å²) in [4.78, 5) is 13.4. The molecule has 1 N–H and O–H groups in total. The van der Waals surface area contributed by atoms with Crippen molar-refractivity contribution in [3.63, 3.8) is 0 Å². The van der Waals surface area contributed by atoms with Crippen LogP contribution in [0, 0.1) is 5.92 Å². The number of hydrogen-bond donors (Lipinski definition) is 1. The Bertz CT molecular complexity index is 224. The van der Waals surface area contributed by atoms with Crippen LogP contribution in [-0.2, 0) is 9.53 Å². The van der Waals surface area contributed by atoms with Crippen molar-refractivity contribution < 1.29 is 14.6 Å². The van der Waals surface area contributed by atoms with Crippen LogP contribution in [0.4, 0.5) is 0 Å².